The fourth-order valence-electron chi connectivity index (χ4n) is 1.72. The molecule has 0 aliphatic rings. The average Bonchev–Trinajstić information content (AvgIpc) is 2.76. The highest BCUT2D eigenvalue weighted by molar-refractivity contribution is 7.89. The van der Waals surface area contributed by atoms with E-state index in [2.05, 4.69) is 10.0 Å². The van der Waals surface area contributed by atoms with Gasteiger partial charge < -0.3 is 11.1 Å². The van der Waals surface area contributed by atoms with E-state index in [-0.39, 0.29) is 18.2 Å². The highest BCUT2D eigenvalue weighted by atomic mass is 32.2. The molecular weight excluding hydrogens is 298 g/mol. The maximum atomic E-state index is 12.0. The number of anilines is 1. The number of hydrogen-bond donors (Lipinski definition) is 3. The van der Waals surface area contributed by atoms with Crippen molar-refractivity contribution < 1.29 is 13.2 Å². The van der Waals surface area contributed by atoms with E-state index in [9.17, 15) is 13.2 Å². The van der Waals surface area contributed by atoms with Gasteiger partial charge in [-0.05, 0) is 13.1 Å². The van der Waals surface area contributed by atoms with Crippen LogP contribution in [0.4, 0.5) is 5.69 Å². The van der Waals surface area contributed by atoms with Crippen LogP contribution in [0.15, 0.2) is 24.3 Å². The van der Waals surface area contributed by atoms with Gasteiger partial charge in [-0.25, -0.2) is 13.1 Å². The van der Waals surface area contributed by atoms with Gasteiger partial charge in [-0.3, -0.25) is 4.79 Å². The average molecular weight is 313 g/mol. The van der Waals surface area contributed by atoms with Gasteiger partial charge in [0.15, 0.2) is 0 Å². The number of sulfonamides is 1. The molecule has 0 unspecified atom stereocenters. The third kappa shape index (κ3) is 3.09. The zero-order valence-electron chi connectivity index (χ0n) is 10.8. The maximum absolute atomic E-state index is 12.0. The highest BCUT2D eigenvalue weighted by Gasteiger charge is 2.16. The Balaban J connectivity index is 2.10. The standard InChI is InChI=1S/C12H15N3O3S2/c1-14-20(17,18)7-6-15-12(16)11-10(13)8-4-2-3-5-9(8)19-11/h2-5,14H,6-7,13H2,1H3,(H,15,16). The molecule has 0 bridgehead atoms. The van der Waals surface area contributed by atoms with Crippen LogP contribution in [0.3, 0.4) is 0 Å². The SMILES string of the molecule is CNS(=O)(=O)CCNC(=O)c1sc2ccccc2c1N. The molecule has 0 radical (unpaired) electrons. The van der Waals surface area contributed by atoms with Crippen molar-refractivity contribution in [2.24, 2.45) is 0 Å². The summed E-state index contributed by atoms with van der Waals surface area (Å²) in [4.78, 5) is 12.4. The molecule has 1 aromatic heterocycles. The summed E-state index contributed by atoms with van der Waals surface area (Å²) in [5, 5.41) is 3.40. The maximum Gasteiger partial charge on any atom is 0.263 e. The molecule has 8 heteroatoms. The van der Waals surface area contributed by atoms with Crippen LogP contribution in [0.5, 0.6) is 0 Å². The first-order valence-electron chi connectivity index (χ1n) is 5.91. The number of thiophene rings is 1. The Kier molecular flexibility index (Phi) is 4.26. The highest BCUT2D eigenvalue weighted by Crippen LogP contribution is 2.33. The van der Waals surface area contributed by atoms with Crippen LogP contribution < -0.4 is 15.8 Å². The van der Waals surface area contributed by atoms with Crippen molar-refractivity contribution in [3.8, 4) is 0 Å². The van der Waals surface area contributed by atoms with E-state index >= 15 is 0 Å². The van der Waals surface area contributed by atoms with Crippen LogP contribution in [0, 0.1) is 0 Å². The second-order valence-electron chi connectivity index (χ2n) is 4.12. The lowest BCUT2D eigenvalue weighted by molar-refractivity contribution is 0.0961. The topological polar surface area (TPSA) is 101 Å². The summed E-state index contributed by atoms with van der Waals surface area (Å²) in [5.74, 6) is -0.518. The molecular formula is C12H15N3O3S2. The van der Waals surface area contributed by atoms with Crippen molar-refractivity contribution in [3.63, 3.8) is 0 Å². The second kappa shape index (κ2) is 5.78. The minimum atomic E-state index is -3.32. The van der Waals surface area contributed by atoms with E-state index in [0.29, 0.717) is 10.6 Å². The van der Waals surface area contributed by atoms with Crippen LogP contribution in [0.25, 0.3) is 10.1 Å². The van der Waals surface area contributed by atoms with Crippen LogP contribution in [-0.4, -0.2) is 33.7 Å². The Morgan fingerprint density at radius 3 is 2.70 bits per heavy atom. The fourth-order valence-corrected chi connectivity index (χ4v) is 3.33. The van der Waals surface area contributed by atoms with Crippen molar-refractivity contribution >= 4 is 43.0 Å². The summed E-state index contributed by atoms with van der Waals surface area (Å²) < 4.78 is 25.6. The predicted molar refractivity (Wildman–Crippen MR) is 81.4 cm³/mol. The van der Waals surface area contributed by atoms with Gasteiger partial charge in [0.05, 0.1) is 11.4 Å². The van der Waals surface area contributed by atoms with Crippen molar-refractivity contribution in [1.29, 1.82) is 0 Å². The fraction of sp³-hybridized carbons (Fsp3) is 0.250. The molecule has 0 spiro atoms. The number of fused-ring (bicyclic) bond motifs is 1. The third-order valence-corrected chi connectivity index (χ3v) is 5.36. The number of hydrogen-bond acceptors (Lipinski definition) is 5. The van der Waals surface area contributed by atoms with Crippen molar-refractivity contribution in [2.75, 3.05) is 25.1 Å². The monoisotopic (exact) mass is 313 g/mol. The Hall–Kier alpha value is -1.64. The van der Waals surface area contributed by atoms with Gasteiger partial charge in [0, 0.05) is 16.6 Å². The third-order valence-electron chi connectivity index (χ3n) is 2.81. The number of nitrogen functional groups attached to an aromatic ring is 1. The molecule has 108 valence electrons. The second-order valence-corrected chi connectivity index (χ2v) is 7.22. The molecule has 0 atom stereocenters. The summed E-state index contributed by atoms with van der Waals surface area (Å²) in [6, 6.07) is 7.47. The predicted octanol–water partition coefficient (Wildman–Crippen LogP) is 0.762. The zero-order chi connectivity index (χ0) is 14.8. The van der Waals surface area contributed by atoms with Crippen molar-refractivity contribution in [1.82, 2.24) is 10.0 Å². The molecule has 0 saturated carbocycles. The number of nitrogens with two attached hydrogens (primary N) is 1. The van der Waals surface area contributed by atoms with Crippen LogP contribution >= 0.6 is 11.3 Å². The molecule has 20 heavy (non-hydrogen) atoms. The van der Waals surface area contributed by atoms with Crippen molar-refractivity contribution in [2.45, 2.75) is 0 Å². The van der Waals surface area contributed by atoms with E-state index in [1.54, 1.807) is 0 Å². The van der Waals surface area contributed by atoms with E-state index in [4.69, 9.17) is 5.73 Å². The number of rotatable bonds is 5. The Labute approximate surface area is 121 Å². The van der Waals surface area contributed by atoms with E-state index in [1.807, 2.05) is 24.3 Å². The first-order chi connectivity index (χ1) is 9.44. The molecule has 0 aliphatic carbocycles. The summed E-state index contributed by atoms with van der Waals surface area (Å²) in [6.07, 6.45) is 0. The number of benzene rings is 1. The molecule has 0 aliphatic heterocycles. The largest absolute Gasteiger partial charge is 0.397 e. The lowest BCUT2D eigenvalue weighted by atomic mass is 10.2. The van der Waals surface area contributed by atoms with Gasteiger partial charge in [0.25, 0.3) is 5.91 Å². The number of carbonyl (C=O) groups excluding carboxylic acids is 1. The Morgan fingerprint density at radius 2 is 2.05 bits per heavy atom. The van der Waals surface area contributed by atoms with Crippen LogP contribution in [0.2, 0.25) is 0 Å². The molecule has 1 heterocycles. The molecule has 0 fully saturated rings. The van der Waals surface area contributed by atoms with Gasteiger partial charge in [-0.2, -0.15) is 0 Å². The van der Waals surface area contributed by atoms with Gasteiger partial charge in [-0.15, -0.1) is 11.3 Å². The van der Waals surface area contributed by atoms with Gasteiger partial charge >= 0.3 is 0 Å². The summed E-state index contributed by atoms with van der Waals surface area (Å²) in [7, 11) is -1.99. The van der Waals surface area contributed by atoms with Gasteiger partial charge in [0.2, 0.25) is 10.0 Å². The first-order valence-corrected chi connectivity index (χ1v) is 8.38. The number of nitrogens with one attached hydrogen (secondary N) is 2. The summed E-state index contributed by atoms with van der Waals surface area (Å²) in [6.45, 7) is 0.0374. The van der Waals surface area contributed by atoms with Gasteiger partial charge in [0.1, 0.15) is 4.88 Å². The molecule has 1 aromatic carbocycles. The Bertz CT molecular complexity index is 737. The zero-order valence-corrected chi connectivity index (χ0v) is 12.5. The summed E-state index contributed by atoms with van der Waals surface area (Å²) in [5.41, 5.74) is 6.37. The molecule has 1 amide bonds. The minimum absolute atomic E-state index is 0.0374. The van der Waals surface area contributed by atoms with Crippen LogP contribution in [-0.2, 0) is 10.0 Å². The van der Waals surface area contributed by atoms with E-state index < -0.39 is 10.0 Å². The normalized spacial score (nSPS) is 11.7. The number of amides is 1. The quantitative estimate of drug-likeness (QED) is 0.758. The first kappa shape index (κ1) is 14.8. The molecule has 0 saturated heterocycles. The smallest absolute Gasteiger partial charge is 0.263 e. The lowest BCUT2D eigenvalue weighted by Gasteiger charge is -2.04. The summed E-state index contributed by atoms with van der Waals surface area (Å²) >= 11 is 1.29. The van der Waals surface area contributed by atoms with E-state index in [0.717, 1.165) is 10.1 Å². The van der Waals surface area contributed by atoms with Crippen LogP contribution in [0.1, 0.15) is 9.67 Å². The van der Waals surface area contributed by atoms with E-state index in [1.165, 1.54) is 18.4 Å². The molecule has 2 rings (SSSR count). The van der Waals surface area contributed by atoms with Gasteiger partial charge in [-0.1, -0.05) is 18.2 Å². The molecule has 6 nitrogen and oxygen atoms in total. The minimum Gasteiger partial charge on any atom is -0.397 e. The Morgan fingerprint density at radius 1 is 1.35 bits per heavy atom. The number of carbonyl (C=O) groups is 1. The molecule has 2 aromatic rings. The van der Waals surface area contributed by atoms with Crippen molar-refractivity contribution in [3.05, 3.63) is 29.1 Å². The lowest BCUT2D eigenvalue weighted by Crippen LogP contribution is -2.32. The molecule has 4 N–H and O–H groups in total.